The first kappa shape index (κ1) is 19.9. The van der Waals surface area contributed by atoms with Crippen LogP contribution in [0.3, 0.4) is 0 Å². The zero-order chi connectivity index (χ0) is 19.2. The van der Waals surface area contributed by atoms with Crippen LogP contribution in [-0.4, -0.2) is 33.2 Å². The Balaban J connectivity index is 1.93. The van der Waals surface area contributed by atoms with E-state index >= 15 is 0 Å². The van der Waals surface area contributed by atoms with E-state index in [2.05, 4.69) is 5.32 Å². The maximum Gasteiger partial charge on any atom is 0.243 e. The number of halogens is 1. The van der Waals surface area contributed by atoms with E-state index in [1.54, 1.807) is 49.4 Å². The zero-order valence-corrected chi connectivity index (χ0v) is 15.7. The standard InChI is InChI=1S/C19H23FN2O3S/c1-15(22(26(2,24)25)18-8-4-3-5-9-18)19(23)21-14-6-7-16-10-12-17(20)13-11-16/h3-5,8-13,15H,6-7,14H2,1-2H3,(H,21,23)/t15-/m0/s1. The lowest BCUT2D eigenvalue weighted by Crippen LogP contribution is -2.48. The number of hydrogen-bond donors (Lipinski definition) is 1. The van der Waals surface area contributed by atoms with E-state index in [9.17, 15) is 17.6 Å². The Hall–Kier alpha value is -2.41. The van der Waals surface area contributed by atoms with Crippen LogP contribution in [0.15, 0.2) is 54.6 Å². The van der Waals surface area contributed by atoms with Crippen LogP contribution < -0.4 is 9.62 Å². The number of nitrogens with one attached hydrogen (secondary N) is 1. The van der Waals surface area contributed by atoms with Crippen molar-refractivity contribution >= 4 is 21.6 Å². The number of benzene rings is 2. The van der Waals surface area contributed by atoms with Gasteiger partial charge < -0.3 is 5.32 Å². The molecule has 2 rings (SSSR count). The molecule has 0 aliphatic rings. The van der Waals surface area contributed by atoms with E-state index in [1.165, 1.54) is 12.1 Å². The first-order valence-corrected chi connectivity index (χ1v) is 10.2. The first-order chi connectivity index (χ1) is 12.3. The number of hydrogen-bond acceptors (Lipinski definition) is 3. The minimum absolute atomic E-state index is 0.280. The van der Waals surface area contributed by atoms with Gasteiger partial charge in [-0.25, -0.2) is 12.8 Å². The lowest BCUT2D eigenvalue weighted by atomic mass is 10.1. The molecule has 0 spiro atoms. The molecule has 0 saturated carbocycles. The van der Waals surface area contributed by atoms with Crippen LogP contribution in [0.1, 0.15) is 18.9 Å². The molecule has 0 fully saturated rings. The van der Waals surface area contributed by atoms with E-state index in [4.69, 9.17) is 0 Å². The summed E-state index contributed by atoms with van der Waals surface area (Å²) in [6, 6.07) is 13.9. The van der Waals surface area contributed by atoms with Crippen molar-refractivity contribution in [3.63, 3.8) is 0 Å². The molecule has 2 aromatic carbocycles. The van der Waals surface area contributed by atoms with Crippen molar-refractivity contribution in [3.05, 3.63) is 66.0 Å². The molecular formula is C19H23FN2O3S. The minimum Gasteiger partial charge on any atom is -0.354 e. The molecule has 1 atom stereocenters. The van der Waals surface area contributed by atoms with Gasteiger partial charge in [0.05, 0.1) is 11.9 Å². The molecule has 1 N–H and O–H groups in total. The van der Waals surface area contributed by atoms with Gasteiger partial charge in [-0.15, -0.1) is 0 Å². The Bertz CT molecular complexity index is 824. The summed E-state index contributed by atoms with van der Waals surface area (Å²) in [5, 5.41) is 2.77. The van der Waals surface area contributed by atoms with Crippen molar-refractivity contribution in [1.29, 1.82) is 0 Å². The van der Waals surface area contributed by atoms with Gasteiger partial charge in [0.25, 0.3) is 0 Å². The van der Waals surface area contributed by atoms with Gasteiger partial charge in [0.2, 0.25) is 15.9 Å². The Morgan fingerprint density at radius 3 is 2.31 bits per heavy atom. The van der Waals surface area contributed by atoms with Crippen LogP contribution in [0.2, 0.25) is 0 Å². The predicted octanol–water partition coefficient (Wildman–Crippen LogP) is 2.73. The summed E-state index contributed by atoms with van der Waals surface area (Å²) in [5.74, 6) is -0.643. The summed E-state index contributed by atoms with van der Waals surface area (Å²) < 4.78 is 38.3. The Labute approximate surface area is 153 Å². The fourth-order valence-electron chi connectivity index (χ4n) is 2.69. The summed E-state index contributed by atoms with van der Waals surface area (Å²) >= 11 is 0. The van der Waals surface area contributed by atoms with Crippen LogP contribution in [-0.2, 0) is 21.2 Å². The van der Waals surface area contributed by atoms with Gasteiger partial charge >= 0.3 is 0 Å². The van der Waals surface area contributed by atoms with Crippen molar-refractivity contribution in [2.24, 2.45) is 0 Å². The van der Waals surface area contributed by atoms with E-state index in [-0.39, 0.29) is 11.7 Å². The minimum atomic E-state index is -3.60. The topological polar surface area (TPSA) is 66.5 Å². The normalized spacial score (nSPS) is 12.4. The first-order valence-electron chi connectivity index (χ1n) is 8.35. The van der Waals surface area contributed by atoms with Gasteiger partial charge in [0.15, 0.2) is 0 Å². The van der Waals surface area contributed by atoms with Crippen molar-refractivity contribution in [1.82, 2.24) is 5.32 Å². The highest BCUT2D eigenvalue weighted by Crippen LogP contribution is 2.20. The molecule has 2 aromatic rings. The summed E-state index contributed by atoms with van der Waals surface area (Å²) in [4.78, 5) is 12.4. The summed E-state index contributed by atoms with van der Waals surface area (Å²) in [6.45, 7) is 1.97. The average Bonchev–Trinajstić information content (AvgIpc) is 2.60. The van der Waals surface area contributed by atoms with Crippen LogP contribution in [0, 0.1) is 5.82 Å². The molecule has 0 heterocycles. The monoisotopic (exact) mass is 378 g/mol. The third-order valence-corrected chi connectivity index (χ3v) is 5.20. The molecule has 1 amide bonds. The van der Waals surface area contributed by atoms with Gasteiger partial charge in [-0.3, -0.25) is 9.10 Å². The molecule has 0 bridgehead atoms. The molecule has 0 saturated heterocycles. The molecule has 7 heteroatoms. The van der Waals surface area contributed by atoms with E-state index < -0.39 is 16.1 Å². The van der Waals surface area contributed by atoms with Gasteiger partial charge in [-0.05, 0) is 49.6 Å². The largest absolute Gasteiger partial charge is 0.354 e. The Morgan fingerprint density at radius 1 is 1.12 bits per heavy atom. The van der Waals surface area contributed by atoms with Crippen molar-refractivity contribution in [2.45, 2.75) is 25.8 Å². The number of carbonyl (C=O) groups excluding carboxylic acids is 1. The highest BCUT2D eigenvalue weighted by atomic mass is 32.2. The maximum atomic E-state index is 12.9. The lowest BCUT2D eigenvalue weighted by Gasteiger charge is -2.28. The predicted molar refractivity (Wildman–Crippen MR) is 101 cm³/mol. The molecular weight excluding hydrogens is 355 g/mol. The SMILES string of the molecule is C[C@@H](C(=O)NCCCc1ccc(F)cc1)N(c1ccccc1)S(C)(=O)=O. The molecule has 26 heavy (non-hydrogen) atoms. The quantitative estimate of drug-likeness (QED) is 0.719. The number of nitrogens with zero attached hydrogens (tertiary/aromatic N) is 1. The van der Waals surface area contributed by atoms with Crippen LogP contribution in [0.4, 0.5) is 10.1 Å². The fraction of sp³-hybridized carbons (Fsp3) is 0.316. The van der Waals surface area contributed by atoms with Gasteiger partial charge in [-0.1, -0.05) is 30.3 Å². The Kier molecular flexibility index (Phi) is 6.74. The average molecular weight is 378 g/mol. The van der Waals surface area contributed by atoms with Crippen molar-refractivity contribution in [3.8, 4) is 0 Å². The third-order valence-electron chi connectivity index (χ3n) is 3.95. The molecule has 0 aliphatic carbocycles. The zero-order valence-electron chi connectivity index (χ0n) is 14.9. The highest BCUT2D eigenvalue weighted by Gasteiger charge is 2.28. The molecule has 140 valence electrons. The van der Waals surface area contributed by atoms with E-state index in [0.29, 0.717) is 25.1 Å². The van der Waals surface area contributed by atoms with Gasteiger partial charge in [-0.2, -0.15) is 0 Å². The number of carbonyl (C=O) groups is 1. The van der Waals surface area contributed by atoms with Gasteiger partial charge in [0, 0.05) is 6.54 Å². The molecule has 0 aromatic heterocycles. The van der Waals surface area contributed by atoms with Crippen LogP contribution >= 0.6 is 0 Å². The number of para-hydroxylation sites is 1. The number of rotatable bonds is 8. The van der Waals surface area contributed by atoms with E-state index in [0.717, 1.165) is 16.1 Å². The summed E-state index contributed by atoms with van der Waals surface area (Å²) in [5.41, 5.74) is 1.43. The smallest absolute Gasteiger partial charge is 0.243 e. The third kappa shape index (κ3) is 5.56. The summed E-state index contributed by atoms with van der Waals surface area (Å²) in [6.07, 6.45) is 2.45. The molecule has 5 nitrogen and oxygen atoms in total. The second-order valence-electron chi connectivity index (χ2n) is 6.09. The lowest BCUT2D eigenvalue weighted by molar-refractivity contribution is -0.121. The molecule has 0 unspecified atom stereocenters. The van der Waals surface area contributed by atoms with Crippen molar-refractivity contribution in [2.75, 3.05) is 17.1 Å². The number of sulfonamides is 1. The summed E-state index contributed by atoms with van der Waals surface area (Å²) in [7, 11) is -3.60. The molecule has 0 aliphatic heterocycles. The fourth-order valence-corrected chi connectivity index (χ4v) is 3.86. The van der Waals surface area contributed by atoms with Crippen LogP contribution in [0.5, 0.6) is 0 Å². The highest BCUT2D eigenvalue weighted by molar-refractivity contribution is 7.92. The van der Waals surface area contributed by atoms with Crippen molar-refractivity contribution < 1.29 is 17.6 Å². The second kappa shape index (κ2) is 8.80. The maximum absolute atomic E-state index is 12.9. The number of anilines is 1. The van der Waals surface area contributed by atoms with Crippen LogP contribution in [0.25, 0.3) is 0 Å². The molecule has 0 radical (unpaired) electrons. The number of aryl methyl sites for hydroxylation is 1. The number of amides is 1. The second-order valence-corrected chi connectivity index (χ2v) is 7.95. The van der Waals surface area contributed by atoms with E-state index in [1.807, 2.05) is 0 Å². The van der Waals surface area contributed by atoms with Gasteiger partial charge in [0.1, 0.15) is 11.9 Å². The Morgan fingerprint density at radius 2 is 1.73 bits per heavy atom.